The van der Waals surface area contributed by atoms with Crippen LogP contribution in [0.2, 0.25) is 5.31 Å². The molecule has 0 N–H and O–H groups in total. The highest BCUT2D eigenvalue weighted by atomic mass is 14.3. The molecule has 0 spiro atoms. The number of rotatable bonds is 0. The van der Waals surface area contributed by atoms with Gasteiger partial charge in [0.2, 0.25) is 0 Å². The van der Waals surface area contributed by atoms with Crippen LogP contribution in [-0.2, 0) is 0 Å². The van der Waals surface area contributed by atoms with Crippen LogP contribution in [0.3, 0.4) is 0 Å². The number of hydrogen-bond donors (Lipinski definition) is 0. The summed E-state index contributed by atoms with van der Waals surface area (Å²) in [6, 6.07) is 2.56. The highest BCUT2D eigenvalue weighted by Crippen LogP contribution is 2.37. The molecule has 0 aromatic rings. The van der Waals surface area contributed by atoms with Crippen molar-refractivity contribution in [3.05, 3.63) is 0 Å². The lowest BCUT2D eigenvalue weighted by Crippen LogP contribution is -2.13. The fraction of sp³-hybridized carbons (Fsp3) is 0.938. The van der Waals surface area contributed by atoms with Crippen molar-refractivity contribution in [3.63, 3.8) is 0 Å². The zero-order valence-corrected chi connectivity index (χ0v) is 12.7. The second-order valence-corrected chi connectivity index (χ2v) is 7.31. The van der Waals surface area contributed by atoms with Crippen molar-refractivity contribution in [3.8, 4) is 6.07 Å². The zero-order valence-electron chi connectivity index (χ0n) is 12.7. The molecule has 0 saturated heterocycles. The van der Waals surface area contributed by atoms with Crippen LogP contribution in [0.4, 0.5) is 0 Å². The average molecular weight is 247 g/mol. The van der Waals surface area contributed by atoms with Crippen molar-refractivity contribution in [2.75, 3.05) is 0 Å². The SMILES string of the molecule is BC1(C)CCCCCCC(C)(C#N)CCCCC1. The molecule has 102 valence electrons. The molecule has 1 saturated carbocycles. The molecule has 0 aliphatic heterocycles. The first-order chi connectivity index (χ1) is 8.47. The van der Waals surface area contributed by atoms with Gasteiger partial charge in [0.15, 0.2) is 0 Å². The van der Waals surface area contributed by atoms with Gasteiger partial charge in [-0.25, -0.2) is 0 Å². The van der Waals surface area contributed by atoms with Gasteiger partial charge in [-0.15, -0.1) is 0 Å². The summed E-state index contributed by atoms with van der Waals surface area (Å²) in [5.41, 5.74) is -0.0520. The summed E-state index contributed by atoms with van der Waals surface area (Å²) in [5.74, 6) is 0. The van der Waals surface area contributed by atoms with Crippen molar-refractivity contribution < 1.29 is 0 Å². The van der Waals surface area contributed by atoms with E-state index in [1.807, 2.05) is 0 Å². The van der Waals surface area contributed by atoms with Crippen LogP contribution in [0.5, 0.6) is 0 Å². The standard InChI is InChI=1S/C16H30BN/c1-15(14-18)10-6-3-4-8-12-16(2,17)13-9-5-7-11-15/h3-13,17H2,1-2H3. The van der Waals surface area contributed by atoms with Crippen LogP contribution >= 0.6 is 0 Å². The Labute approximate surface area is 115 Å². The molecule has 0 heterocycles. The molecule has 2 atom stereocenters. The molecule has 1 nitrogen and oxygen atoms in total. The fourth-order valence-electron chi connectivity index (χ4n) is 3.13. The maximum absolute atomic E-state index is 9.34. The molecular formula is C16H30BN. The molecular weight excluding hydrogens is 217 g/mol. The van der Waals surface area contributed by atoms with Crippen LogP contribution in [0.15, 0.2) is 0 Å². The molecule has 0 bridgehead atoms. The van der Waals surface area contributed by atoms with Gasteiger partial charge in [0, 0.05) is 0 Å². The van der Waals surface area contributed by atoms with Gasteiger partial charge in [-0.1, -0.05) is 70.0 Å². The minimum atomic E-state index is -0.0520. The number of nitriles is 1. The topological polar surface area (TPSA) is 23.8 Å². The van der Waals surface area contributed by atoms with E-state index in [9.17, 15) is 5.26 Å². The van der Waals surface area contributed by atoms with Gasteiger partial charge in [0.25, 0.3) is 0 Å². The lowest BCUT2D eigenvalue weighted by Gasteiger charge is -2.24. The van der Waals surface area contributed by atoms with Crippen molar-refractivity contribution in [2.24, 2.45) is 5.41 Å². The third-order valence-electron chi connectivity index (χ3n) is 4.68. The molecule has 0 amide bonds. The first kappa shape index (κ1) is 15.6. The summed E-state index contributed by atoms with van der Waals surface area (Å²) in [4.78, 5) is 0. The maximum atomic E-state index is 9.34. The normalized spacial score (nSPS) is 36.7. The van der Waals surface area contributed by atoms with Crippen molar-refractivity contribution >= 4 is 7.85 Å². The minimum Gasteiger partial charge on any atom is -0.198 e. The van der Waals surface area contributed by atoms with E-state index in [1.165, 1.54) is 57.8 Å². The van der Waals surface area contributed by atoms with Crippen LogP contribution < -0.4 is 0 Å². The lowest BCUT2D eigenvalue weighted by atomic mass is 9.64. The van der Waals surface area contributed by atoms with Crippen molar-refractivity contribution in [2.45, 2.75) is 89.8 Å². The molecule has 1 aliphatic carbocycles. The van der Waals surface area contributed by atoms with E-state index >= 15 is 0 Å². The fourth-order valence-corrected chi connectivity index (χ4v) is 3.13. The van der Waals surface area contributed by atoms with Gasteiger partial charge in [-0.2, -0.15) is 5.26 Å². The second-order valence-electron chi connectivity index (χ2n) is 7.31. The van der Waals surface area contributed by atoms with Gasteiger partial charge < -0.3 is 0 Å². The molecule has 2 heteroatoms. The predicted molar refractivity (Wildman–Crippen MR) is 81.4 cm³/mol. The highest BCUT2D eigenvalue weighted by molar-refractivity contribution is 6.14. The van der Waals surface area contributed by atoms with E-state index in [1.54, 1.807) is 0 Å². The molecule has 0 aromatic carbocycles. The van der Waals surface area contributed by atoms with E-state index in [0.29, 0.717) is 5.31 Å². The van der Waals surface area contributed by atoms with Gasteiger partial charge in [-0.05, 0) is 19.8 Å². The van der Waals surface area contributed by atoms with Crippen LogP contribution in [0, 0.1) is 16.7 Å². The van der Waals surface area contributed by atoms with Crippen LogP contribution in [0.25, 0.3) is 0 Å². The monoisotopic (exact) mass is 247 g/mol. The summed E-state index contributed by atoms with van der Waals surface area (Å²) in [6.07, 6.45) is 14.1. The van der Waals surface area contributed by atoms with Crippen LogP contribution in [-0.4, -0.2) is 7.85 Å². The Morgan fingerprint density at radius 3 is 1.61 bits per heavy atom. The van der Waals surface area contributed by atoms with Gasteiger partial charge in [0.05, 0.1) is 11.5 Å². The lowest BCUT2D eigenvalue weighted by molar-refractivity contribution is 0.340. The number of nitrogens with zero attached hydrogens (tertiary/aromatic N) is 1. The largest absolute Gasteiger partial charge is 0.198 e. The van der Waals surface area contributed by atoms with Crippen molar-refractivity contribution in [1.82, 2.24) is 0 Å². The Kier molecular flexibility index (Phi) is 6.26. The minimum absolute atomic E-state index is 0.0520. The van der Waals surface area contributed by atoms with E-state index in [4.69, 9.17) is 0 Å². The summed E-state index contributed by atoms with van der Waals surface area (Å²) >= 11 is 0. The van der Waals surface area contributed by atoms with Crippen LogP contribution in [0.1, 0.15) is 84.5 Å². The highest BCUT2D eigenvalue weighted by Gasteiger charge is 2.23. The van der Waals surface area contributed by atoms with Gasteiger partial charge >= 0.3 is 0 Å². The van der Waals surface area contributed by atoms with Gasteiger partial charge in [0.1, 0.15) is 7.85 Å². The van der Waals surface area contributed by atoms with E-state index in [-0.39, 0.29) is 5.41 Å². The number of hydrogen-bond acceptors (Lipinski definition) is 1. The van der Waals surface area contributed by atoms with E-state index < -0.39 is 0 Å². The summed E-state index contributed by atoms with van der Waals surface area (Å²) < 4.78 is 0. The first-order valence-electron chi connectivity index (χ1n) is 7.89. The third kappa shape index (κ3) is 5.94. The van der Waals surface area contributed by atoms with Crippen molar-refractivity contribution in [1.29, 1.82) is 5.26 Å². The Morgan fingerprint density at radius 1 is 0.778 bits per heavy atom. The quantitative estimate of drug-likeness (QED) is 0.572. The third-order valence-corrected chi connectivity index (χ3v) is 4.68. The predicted octanol–water partition coefficient (Wildman–Crippen LogP) is 4.63. The molecule has 1 aliphatic rings. The zero-order chi connectivity index (χ0) is 13.5. The summed E-state index contributed by atoms with van der Waals surface area (Å²) in [6.45, 7) is 4.59. The average Bonchev–Trinajstić information content (AvgIpc) is 2.33. The van der Waals surface area contributed by atoms with E-state index in [0.717, 1.165) is 12.8 Å². The Bertz CT molecular complexity index is 279. The molecule has 1 fully saturated rings. The molecule has 2 unspecified atom stereocenters. The summed E-state index contributed by atoms with van der Waals surface area (Å²) in [7, 11) is 2.42. The summed E-state index contributed by atoms with van der Waals surface area (Å²) in [5, 5.41) is 9.88. The van der Waals surface area contributed by atoms with E-state index in [2.05, 4.69) is 27.8 Å². The molecule has 0 radical (unpaired) electrons. The molecule has 0 aromatic heterocycles. The second kappa shape index (κ2) is 7.22. The Morgan fingerprint density at radius 2 is 1.17 bits per heavy atom. The maximum Gasteiger partial charge on any atom is 0.109 e. The first-order valence-corrected chi connectivity index (χ1v) is 7.89. The smallest absolute Gasteiger partial charge is 0.109 e. The Balaban J connectivity index is 2.48. The molecule has 1 rings (SSSR count). The Hall–Kier alpha value is -0.445. The molecule has 18 heavy (non-hydrogen) atoms. The van der Waals surface area contributed by atoms with Gasteiger partial charge in [-0.3, -0.25) is 0 Å².